The van der Waals surface area contributed by atoms with Crippen molar-refractivity contribution in [3.8, 4) is 0 Å². The zero-order chi connectivity index (χ0) is 11.4. The third-order valence-electron chi connectivity index (χ3n) is 4.01. The minimum atomic E-state index is -0.200. The summed E-state index contributed by atoms with van der Waals surface area (Å²) in [6.45, 7) is 7.27. The molecule has 2 fully saturated rings. The van der Waals surface area contributed by atoms with E-state index in [0.29, 0.717) is 6.04 Å². The molecular weight excluding hydrogens is 202 g/mol. The van der Waals surface area contributed by atoms with Crippen molar-refractivity contribution in [2.75, 3.05) is 19.8 Å². The van der Waals surface area contributed by atoms with Crippen LogP contribution >= 0.6 is 0 Å². The summed E-state index contributed by atoms with van der Waals surface area (Å²) < 4.78 is 11.5. The highest BCUT2D eigenvalue weighted by atomic mass is 16.7. The molecule has 1 spiro atoms. The normalized spacial score (nSPS) is 27.4. The van der Waals surface area contributed by atoms with Crippen LogP contribution in [0.25, 0.3) is 0 Å². The average molecular weight is 227 g/mol. The van der Waals surface area contributed by atoms with Gasteiger partial charge in [-0.2, -0.15) is 0 Å². The zero-order valence-electron chi connectivity index (χ0n) is 10.6. The van der Waals surface area contributed by atoms with Gasteiger partial charge in [-0.05, 0) is 25.3 Å². The van der Waals surface area contributed by atoms with E-state index in [4.69, 9.17) is 9.47 Å². The molecule has 0 aromatic rings. The van der Waals surface area contributed by atoms with Crippen LogP contribution in [0.2, 0.25) is 0 Å². The van der Waals surface area contributed by atoms with Crippen LogP contribution in [0.3, 0.4) is 0 Å². The molecule has 0 radical (unpaired) electrons. The first kappa shape index (κ1) is 12.3. The summed E-state index contributed by atoms with van der Waals surface area (Å²) in [7, 11) is 0. The van der Waals surface area contributed by atoms with Gasteiger partial charge in [0.1, 0.15) is 0 Å². The number of ether oxygens (including phenoxy) is 2. The molecule has 0 aromatic carbocycles. The van der Waals surface area contributed by atoms with Crippen LogP contribution in [0, 0.1) is 5.92 Å². The maximum absolute atomic E-state index is 5.73. The van der Waals surface area contributed by atoms with Crippen molar-refractivity contribution in [1.29, 1.82) is 0 Å². The van der Waals surface area contributed by atoms with Gasteiger partial charge in [-0.25, -0.2) is 0 Å². The molecule has 1 saturated carbocycles. The first-order valence-electron chi connectivity index (χ1n) is 6.75. The van der Waals surface area contributed by atoms with Gasteiger partial charge in [0.2, 0.25) is 0 Å². The predicted octanol–water partition coefficient (Wildman–Crippen LogP) is 2.31. The van der Waals surface area contributed by atoms with Gasteiger partial charge < -0.3 is 14.8 Å². The lowest BCUT2D eigenvalue weighted by Gasteiger charge is -2.36. The van der Waals surface area contributed by atoms with E-state index in [1.807, 2.05) is 0 Å². The Bertz CT molecular complexity index is 204. The number of hydrogen-bond acceptors (Lipinski definition) is 3. The Morgan fingerprint density at radius 1 is 1.25 bits per heavy atom. The Kier molecular flexibility index (Phi) is 4.22. The van der Waals surface area contributed by atoms with Crippen molar-refractivity contribution in [1.82, 2.24) is 5.32 Å². The molecule has 1 heterocycles. The summed E-state index contributed by atoms with van der Waals surface area (Å²) in [4.78, 5) is 0. The van der Waals surface area contributed by atoms with E-state index in [0.717, 1.165) is 38.5 Å². The highest BCUT2D eigenvalue weighted by molar-refractivity contribution is 4.85. The van der Waals surface area contributed by atoms with Gasteiger partial charge in [-0.15, -0.1) is 0 Å². The second-order valence-corrected chi connectivity index (χ2v) is 5.30. The zero-order valence-corrected chi connectivity index (χ0v) is 10.6. The predicted molar refractivity (Wildman–Crippen MR) is 64.3 cm³/mol. The van der Waals surface area contributed by atoms with Crippen molar-refractivity contribution < 1.29 is 9.47 Å². The molecule has 16 heavy (non-hydrogen) atoms. The van der Waals surface area contributed by atoms with E-state index >= 15 is 0 Å². The van der Waals surface area contributed by atoms with Gasteiger partial charge in [0.05, 0.1) is 13.2 Å². The maximum atomic E-state index is 5.73. The molecule has 1 aliphatic heterocycles. The summed E-state index contributed by atoms with van der Waals surface area (Å²) in [5, 5.41) is 3.67. The second kappa shape index (κ2) is 5.48. The van der Waals surface area contributed by atoms with Crippen LogP contribution in [0.1, 0.15) is 46.0 Å². The summed E-state index contributed by atoms with van der Waals surface area (Å²) in [5.74, 6) is 0.587. The minimum Gasteiger partial charge on any atom is -0.348 e. The molecule has 1 atom stereocenters. The van der Waals surface area contributed by atoms with Crippen molar-refractivity contribution in [2.45, 2.75) is 57.8 Å². The third kappa shape index (κ3) is 2.96. The number of nitrogens with one attached hydrogen (secondary N) is 1. The number of hydrogen-bond donors (Lipinski definition) is 1. The molecule has 3 heteroatoms. The monoisotopic (exact) mass is 227 g/mol. The topological polar surface area (TPSA) is 30.5 Å². The van der Waals surface area contributed by atoms with Gasteiger partial charge in [0.15, 0.2) is 5.79 Å². The van der Waals surface area contributed by atoms with E-state index in [9.17, 15) is 0 Å². The molecule has 94 valence electrons. The van der Waals surface area contributed by atoms with E-state index in [2.05, 4.69) is 19.2 Å². The van der Waals surface area contributed by atoms with Crippen LogP contribution in [-0.2, 0) is 9.47 Å². The molecule has 0 amide bonds. The fraction of sp³-hybridized carbons (Fsp3) is 1.00. The van der Waals surface area contributed by atoms with E-state index in [1.54, 1.807) is 0 Å². The molecule has 1 N–H and O–H groups in total. The second-order valence-electron chi connectivity index (χ2n) is 5.30. The highest BCUT2D eigenvalue weighted by Gasteiger charge is 2.40. The Hall–Kier alpha value is -0.120. The Morgan fingerprint density at radius 2 is 1.88 bits per heavy atom. The lowest BCUT2D eigenvalue weighted by Crippen LogP contribution is -2.43. The molecule has 2 rings (SSSR count). The smallest absolute Gasteiger partial charge is 0.168 e. The first-order chi connectivity index (χ1) is 7.74. The largest absolute Gasteiger partial charge is 0.348 e. The van der Waals surface area contributed by atoms with Crippen LogP contribution in [0.4, 0.5) is 0 Å². The number of rotatable bonds is 4. The lowest BCUT2D eigenvalue weighted by molar-refractivity contribution is -0.179. The van der Waals surface area contributed by atoms with Crippen molar-refractivity contribution >= 4 is 0 Å². The Balaban J connectivity index is 1.69. The quantitative estimate of drug-likeness (QED) is 0.799. The molecule has 2 aliphatic rings. The van der Waals surface area contributed by atoms with Crippen molar-refractivity contribution in [3.05, 3.63) is 0 Å². The summed E-state index contributed by atoms with van der Waals surface area (Å²) in [5.41, 5.74) is 0. The Labute approximate surface area is 98.9 Å². The van der Waals surface area contributed by atoms with Crippen LogP contribution in [-0.4, -0.2) is 31.6 Å². The summed E-state index contributed by atoms with van der Waals surface area (Å²) in [6, 6.07) is 0.674. The van der Waals surface area contributed by atoms with E-state index < -0.39 is 0 Å². The fourth-order valence-corrected chi connectivity index (χ4v) is 2.56. The van der Waals surface area contributed by atoms with Crippen LogP contribution < -0.4 is 5.32 Å². The van der Waals surface area contributed by atoms with Gasteiger partial charge in [-0.1, -0.05) is 20.3 Å². The van der Waals surface area contributed by atoms with E-state index in [1.165, 1.54) is 19.3 Å². The van der Waals surface area contributed by atoms with Gasteiger partial charge in [0, 0.05) is 18.9 Å². The van der Waals surface area contributed by atoms with Crippen molar-refractivity contribution in [2.24, 2.45) is 5.92 Å². The Morgan fingerprint density at radius 3 is 2.44 bits per heavy atom. The minimum absolute atomic E-state index is 0.200. The van der Waals surface area contributed by atoms with Crippen molar-refractivity contribution in [3.63, 3.8) is 0 Å². The van der Waals surface area contributed by atoms with E-state index in [-0.39, 0.29) is 5.79 Å². The molecule has 0 aromatic heterocycles. The first-order valence-corrected chi connectivity index (χ1v) is 6.75. The van der Waals surface area contributed by atoms with Gasteiger partial charge >= 0.3 is 0 Å². The average Bonchev–Trinajstić information content (AvgIpc) is 2.77. The van der Waals surface area contributed by atoms with Crippen LogP contribution in [0.5, 0.6) is 0 Å². The maximum Gasteiger partial charge on any atom is 0.168 e. The third-order valence-corrected chi connectivity index (χ3v) is 4.01. The summed E-state index contributed by atoms with van der Waals surface area (Å²) in [6.07, 6.45) is 5.76. The standard InChI is InChI=1S/C13H25NO2/c1-3-11(2)10-14-12-4-6-13(7-5-12)15-8-9-16-13/h11-12,14H,3-10H2,1-2H3. The SMILES string of the molecule is CCC(C)CNC1CCC2(CC1)OCCO2. The summed E-state index contributed by atoms with van der Waals surface area (Å²) >= 11 is 0. The van der Waals surface area contributed by atoms with Crippen LogP contribution in [0.15, 0.2) is 0 Å². The molecule has 0 bridgehead atoms. The van der Waals surface area contributed by atoms with Gasteiger partial charge in [-0.3, -0.25) is 0 Å². The fourth-order valence-electron chi connectivity index (χ4n) is 2.56. The lowest BCUT2D eigenvalue weighted by atomic mass is 9.89. The molecular formula is C13H25NO2. The molecule has 3 nitrogen and oxygen atoms in total. The highest BCUT2D eigenvalue weighted by Crippen LogP contribution is 2.35. The van der Waals surface area contributed by atoms with Gasteiger partial charge in [0.25, 0.3) is 0 Å². The molecule has 1 aliphatic carbocycles. The molecule has 1 saturated heterocycles. The molecule has 1 unspecified atom stereocenters.